The van der Waals surface area contributed by atoms with Crippen molar-refractivity contribution in [2.24, 2.45) is 5.16 Å². The van der Waals surface area contributed by atoms with Crippen LogP contribution in [0.2, 0.25) is 5.02 Å². The Morgan fingerprint density at radius 2 is 1.74 bits per heavy atom. The number of rotatable bonds is 9. The Morgan fingerprint density at radius 3 is 2.38 bits per heavy atom. The summed E-state index contributed by atoms with van der Waals surface area (Å²) in [7, 11) is 0. The van der Waals surface area contributed by atoms with Crippen LogP contribution in [-0.2, 0) is 14.4 Å². The summed E-state index contributed by atoms with van der Waals surface area (Å²) >= 11 is 12.8. The van der Waals surface area contributed by atoms with Crippen molar-refractivity contribution in [2.75, 3.05) is 13.2 Å². The fourth-order valence-electron chi connectivity index (χ4n) is 2.78. The lowest BCUT2D eigenvalue weighted by molar-refractivity contribution is -0.148. The normalized spacial score (nSPS) is 10.8. The van der Waals surface area contributed by atoms with Crippen LogP contribution in [0.5, 0.6) is 17.2 Å². The highest BCUT2D eigenvalue weighted by Gasteiger charge is 2.17. The maximum absolute atomic E-state index is 12.8. The summed E-state index contributed by atoms with van der Waals surface area (Å²) in [5.74, 6) is -0.253. The van der Waals surface area contributed by atoms with Gasteiger partial charge in [0.1, 0.15) is 11.5 Å². The number of halogens is 3. The van der Waals surface area contributed by atoms with Gasteiger partial charge in [-0.05, 0) is 98.9 Å². The van der Waals surface area contributed by atoms with Crippen molar-refractivity contribution < 1.29 is 29.0 Å². The van der Waals surface area contributed by atoms with Crippen LogP contribution in [0.3, 0.4) is 0 Å². The van der Waals surface area contributed by atoms with Gasteiger partial charge in [-0.2, -0.15) is 0 Å². The number of ether oxygens (including phenoxy) is 2. The molecule has 34 heavy (non-hydrogen) atoms. The van der Waals surface area contributed by atoms with Crippen LogP contribution in [0.15, 0.2) is 68.7 Å². The van der Waals surface area contributed by atoms with Gasteiger partial charge in [0.2, 0.25) is 6.61 Å². The molecule has 3 rings (SSSR count). The van der Waals surface area contributed by atoms with E-state index in [0.717, 1.165) is 0 Å². The Kier molecular flexibility index (Phi) is 9.09. The summed E-state index contributed by atoms with van der Waals surface area (Å²) in [5, 5.41) is 14.5. The third-order valence-electron chi connectivity index (χ3n) is 4.32. The quantitative estimate of drug-likeness (QED) is 0.128. The van der Waals surface area contributed by atoms with E-state index in [9.17, 15) is 14.7 Å². The molecule has 0 spiro atoms. The van der Waals surface area contributed by atoms with Gasteiger partial charge in [0.05, 0.1) is 27.3 Å². The average molecular weight is 612 g/mol. The van der Waals surface area contributed by atoms with Crippen LogP contribution in [0, 0.1) is 0 Å². The number of carbonyl (C=O) groups is 2. The highest BCUT2D eigenvalue weighted by molar-refractivity contribution is 9.11. The second kappa shape index (κ2) is 12.0. The first-order chi connectivity index (χ1) is 16.3. The predicted molar refractivity (Wildman–Crippen MR) is 135 cm³/mol. The number of phenolic OH excluding ortho intramolecular Hbond substituents is 1. The minimum Gasteiger partial charge on any atom is -0.507 e. The third-order valence-corrected chi connectivity index (χ3v) is 5.75. The molecule has 0 unspecified atom stereocenters. The first-order valence-corrected chi connectivity index (χ1v) is 11.9. The highest BCUT2D eigenvalue weighted by Crippen LogP contribution is 2.38. The van der Waals surface area contributed by atoms with Crippen LogP contribution in [0.4, 0.5) is 0 Å². The summed E-state index contributed by atoms with van der Waals surface area (Å²) in [5.41, 5.74) is 1.14. The molecule has 0 radical (unpaired) electrons. The lowest BCUT2D eigenvalue weighted by atomic mass is 10.0. The van der Waals surface area contributed by atoms with E-state index in [1.165, 1.54) is 18.3 Å². The van der Waals surface area contributed by atoms with Crippen molar-refractivity contribution in [3.8, 4) is 17.2 Å². The predicted octanol–water partition coefficient (Wildman–Crippen LogP) is 6.51. The minimum absolute atomic E-state index is 0.0922. The number of benzene rings is 3. The van der Waals surface area contributed by atoms with Gasteiger partial charge in [-0.1, -0.05) is 16.8 Å². The maximum atomic E-state index is 12.8. The van der Waals surface area contributed by atoms with Gasteiger partial charge in [-0.3, -0.25) is 4.79 Å². The summed E-state index contributed by atoms with van der Waals surface area (Å²) in [6.07, 6.45) is 1.43. The molecule has 0 aliphatic carbocycles. The van der Waals surface area contributed by atoms with Crippen molar-refractivity contribution in [3.63, 3.8) is 0 Å². The molecule has 0 saturated heterocycles. The molecule has 10 heteroatoms. The minimum atomic E-state index is -0.506. The van der Waals surface area contributed by atoms with Crippen LogP contribution in [-0.4, -0.2) is 36.3 Å². The molecule has 0 bridgehead atoms. The number of aromatic hydroxyl groups is 1. The van der Waals surface area contributed by atoms with E-state index in [4.69, 9.17) is 25.9 Å². The van der Waals surface area contributed by atoms with Gasteiger partial charge in [0.25, 0.3) is 0 Å². The molecular formula is C24H18Br2ClNO6. The first kappa shape index (κ1) is 25.7. The molecule has 1 N–H and O–H groups in total. The van der Waals surface area contributed by atoms with Crippen LogP contribution in [0.25, 0.3) is 0 Å². The maximum Gasteiger partial charge on any atom is 0.347 e. The first-order valence-electron chi connectivity index (χ1n) is 9.89. The van der Waals surface area contributed by atoms with Crippen molar-refractivity contribution >= 4 is 61.4 Å². The average Bonchev–Trinajstić information content (AvgIpc) is 2.80. The molecule has 0 fully saturated rings. The number of ketones is 1. The second-order valence-corrected chi connectivity index (χ2v) is 8.89. The standard InChI is InChI=1S/C24H18Br2ClNO6/c1-2-32-22(30)13-33-28-12-14-9-19(25)24(20(26)10-14)34-17-7-8-21(29)18(11-17)23(31)15-3-5-16(27)6-4-15/h3-12,29H,2,13H2,1H3/b28-12+. The van der Waals surface area contributed by atoms with Gasteiger partial charge in [0, 0.05) is 10.6 Å². The third kappa shape index (κ3) is 6.82. The molecular weight excluding hydrogens is 594 g/mol. The molecule has 0 aromatic heterocycles. The van der Waals surface area contributed by atoms with Crippen LogP contribution >= 0.6 is 43.5 Å². The molecule has 0 saturated carbocycles. The fraction of sp³-hybridized carbons (Fsp3) is 0.125. The number of hydrogen-bond acceptors (Lipinski definition) is 7. The SMILES string of the molecule is CCOC(=O)CO/N=C/c1cc(Br)c(Oc2ccc(O)c(C(=O)c3ccc(Cl)cc3)c2)c(Br)c1. The van der Waals surface area contributed by atoms with E-state index >= 15 is 0 Å². The Morgan fingerprint density at radius 1 is 1.06 bits per heavy atom. The Balaban J connectivity index is 1.76. The molecule has 0 heterocycles. The Labute approximate surface area is 217 Å². The molecule has 7 nitrogen and oxygen atoms in total. The second-order valence-electron chi connectivity index (χ2n) is 6.74. The van der Waals surface area contributed by atoms with Crippen molar-refractivity contribution in [1.29, 1.82) is 0 Å². The summed E-state index contributed by atoms with van der Waals surface area (Å²) in [4.78, 5) is 29.0. The molecule has 0 amide bonds. The smallest absolute Gasteiger partial charge is 0.347 e. The number of esters is 1. The molecule has 0 atom stereocenters. The number of phenols is 1. The van der Waals surface area contributed by atoms with Gasteiger partial charge in [0.15, 0.2) is 11.5 Å². The van der Waals surface area contributed by atoms with Crippen molar-refractivity contribution in [3.05, 3.63) is 85.3 Å². The zero-order valence-electron chi connectivity index (χ0n) is 17.8. The van der Waals surface area contributed by atoms with E-state index in [2.05, 4.69) is 37.0 Å². The lowest BCUT2D eigenvalue weighted by Gasteiger charge is -2.12. The van der Waals surface area contributed by atoms with Crippen LogP contribution < -0.4 is 4.74 Å². The topological polar surface area (TPSA) is 94.4 Å². The largest absolute Gasteiger partial charge is 0.507 e. The monoisotopic (exact) mass is 609 g/mol. The summed E-state index contributed by atoms with van der Waals surface area (Å²) in [6, 6.07) is 14.2. The van der Waals surface area contributed by atoms with Crippen molar-refractivity contribution in [2.45, 2.75) is 6.92 Å². The molecule has 0 aliphatic rings. The van der Waals surface area contributed by atoms with Gasteiger partial charge < -0.3 is 19.4 Å². The number of hydrogen-bond donors (Lipinski definition) is 1. The number of oxime groups is 1. The lowest BCUT2D eigenvalue weighted by Crippen LogP contribution is -2.10. The van der Waals surface area contributed by atoms with E-state index in [0.29, 0.717) is 36.6 Å². The molecule has 3 aromatic rings. The molecule has 0 aliphatic heterocycles. The van der Waals surface area contributed by atoms with E-state index < -0.39 is 5.97 Å². The number of carbonyl (C=O) groups excluding carboxylic acids is 2. The van der Waals surface area contributed by atoms with E-state index in [-0.39, 0.29) is 30.3 Å². The molecule has 176 valence electrons. The van der Waals surface area contributed by atoms with E-state index in [1.807, 2.05) is 0 Å². The zero-order chi connectivity index (χ0) is 24.7. The Hall–Kier alpha value is -2.88. The molecule has 3 aromatic carbocycles. The fourth-order valence-corrected chi connectivity index (χ4v) is 4.29. The van der Waals surface area contributed by atoms with Crippen LogP contribution in [0.1, 0.15) is 28.4 Å². The number of nitrogens with zero attached hydrogens (tertiary/aromatic N) is 1. The van der Waals surface area contributed by atoms with Crippen molar-refractivity contribution in [1.82, 2.24) is 0 Å². The highest BCUT2D eigenvalue weighted by atomic mass is 79.9. The Bertz CT molecular complexity index is 1210. The summed E-state index contributed by atoms with van der Waals surface area (Å²) in [6.45, 7) is 1.69. The van der Waals surface area contributed by atoms with Gasteiger partial charge in [-0.25, -0.2) is 4.79 Å². The zero-order valence-corrected chi connectivity index (χ0v) is 21.7. The van der Waals surface area contributed by atoms with Gasteiger partial charge in [-0.15, -0.1) is 0 Å². The summed E-state index contributed by atoms with van der Waals surface area (Å²) < 4.78 is 11.9. The van der Waals surface area contributed by atoms with E-state index in [1.54, 1.807) is 49.4 Å². The van der Waals surface area contributed by atoms with Gasteiger partial charge >= 0.3 is 5.97 Å².